The standard InChI is InChI=1S/C13H17N3OS/c1-4-12(17)10-5-7-11(8-6-10)18-13-15-14-9(2)16(13)3/h5-8,12,17H,4H2,1-3H3/t12-/m0/s1. The summed E-state index contributed by atoms with van der Waals surface area (Å²) in [7, 11) is 1.95. The van der Waals surface area contributed by atoms with Crippen LogP contribution in [0.1, 0.15) is 30.8 Å². The first kappa shape index (κ1) is 13.1. The zero-order chi connectivity index (χ0) is 13.1. The van der Waals surface area contributed by atoms with Gasteiger partial charge in [-0.2, -0.15) is 0 Å². The van der Waals surface area contributed by atoms with Gasteiger partial charge in [-0.05, 0) is 42.8 Å². The van der Waals surface area contributed by atoms with Crippen molar-refractivity contribution in [2.24, 2.45) is 7.05 Å². The molecule has 0 amide bonds. The Morgan fingerprint density at radius 3 is 2.44 bits per heavy atom. The van der Waals surface area contributed by atoms with Crippen LogP contribution in [0.2, 0.25) is 0 Å². The molecular weight excluding hydrogens is 246 g/mol. The summed E-state index contributed by atoms with van der Waals surface area (Å²) in [4.78, 5) is 1.09. The van der Waals surface area contributed by atoms with Crippen LogP contribution < -0.4 is 0 Å². The highest BCUT2D eigenvalue weighted by atomic mass is 32.2. The SMILES string of the molecule is CC[C@H](O)c1ccc(Sc2nnc(C)n2C)cc1. The fourth-order valence-corrected chi connectivity index (χ4v) is 2.41. The molecule has 0 radical (unpaired) electrons. The molecule has 0 spiro atoms. The normalized spacial score (nSPS) is 12.7. The van der Waals surface area contributed by atoms with Crippen molar-refractivity contribution in [2.45, 2.75) is 36.4 Å². The van der Waals surface area contributed by atoms with Gasteiger partial charge in [-0.3, -0.25) is 0 Å². The van der Waals surface area contributed by atoms with E-state index in [1.54, 1.807) is 11.8 Å². The summed E-state index contributed by atoms with van der Waals surface area (Å²) in [5.74, 6) is 0.899. The molecule has 5 heteroatoms. The van der Waals surface area contributed by atoms with Crippen LogP contribution in [-0.4, -0.2) is 19.9 Å². The lowest BCUT2D eigenvalue weighted by Crippen LogP contribution is -1.95. The third kappa shape index (κ3) is 2.73. The van der Waals surface area contributed by atoms with E-state index < -0.39 is 0 Å². The monoisotopic (exact) mass is 263 g/mol. The van der Waals surface area contributed by atoms with Gasteiger partial charge in [-0.25, -0.2) is 0 Å². The van der Waals surface area contributed by atoms with Crippen LogP contribution in [0.4, 0.5) is 0 Å². The summed E-state index contributed by atoms with van der Waals surface area (Å²) in [6.45, 7) is 3.90. The highest BCUT2D eigenvalue weighted by molar-refractivity contribution is 7.99. The predicted molar refractivity (Wildman–Crippen MR) is 71.6 cm³/mol. The lowest BCUT2D eigenvalue weighted by molar-refractivity contribution is 0.173. The molecule has 0 unspecified atom stereocenters. The Morgan fingerprint density at radius 2 is 1.94 bits per heavy atom. The van der Waals surface area contributed by atoms with Crippen molar-refractivity contribution in [2.75, 3.05) is 0 Å². The van der Waals surface area contributed by atoms with Crippen molar-refractivity contribution in [3.63, 3.8) is 0 Å². The fourth-order valence-electron chi connectivity index (χ4n) is 1.58. The van der Waals surface area contributed by atoms with Gasteiger partial charge in [0.05, 0.1) is 6.10 Å². The summed E-state index contributed by atoms with van der Waals surface area (Å²) < 4.78 is 1.96. The van der Waals surface area contributed by atoms with Crippen molar-refractivity contribution in [1.29, 1.82) is 0 Å². The van der Waals surface area contributed by atoms with Crippen molar-refractivity contribution in [3.05, 3.63) is 35.7 Å². The summed E-state index contributed by atoms with van der Waals surface area (Å²) >= 11 is 1.57. The Kier molecular flexibility index (Phi) is 4.04. The van der Waals surface area contributed by atoms with E-state index in [0.29, 0.717) is 0 Å². The number of rotatable bonds is 4. The summed E-state index contributed by atoms with van der Waals surface area (Å²) in [5.41, 5.74) is 0.955. The van der Waals surface area contributed by atoms with Crippen LogP contribution in [0.25, 0.3) is 0 Å². The molecule has 1 N–H and O–H groups in total. The molecule has 0 saturated carbocycles. The van der Waals surface area contributed by atoms with Gasteiger partial charge in [0.2, 0.25) is 0 Å². The predicted octanol–water partition coefficient (Wildman–Crippen LogP) is 2.72. The molecule has 96 valence electrons. The number of nitrogens with zero attached hydrogens (tertiary/aromatic N) is 3. The second-order valence-electron chi connectivity index (χ2n) is 4.18. The molecule has 2 aromatic rings. The Hall–Kier alpha value is -1.33. The minimum absolute atomic E-state index is 0.374. The third-order valence-electron chi connectivity index (χ3n) is 2.91. The van der Waals surface area contributed by atoms with Crippen molar-refractivity contribution in [1.82, 2.24) is 14.8 Å². The smallest absolute Gasteiger partial charge is 0.195 e. The van der Waals surface area contributed by atoms with Crippen molar-refractivity contribution < 1.29 is 5.11 Å². The Labute approximate surface area is 111 Å². The Bertz CT molecular complexity index is 522. The maximum Gasteiger partial charge on any atom is 0.195 e. The molecule has 0 aliphatic rings. The number of aryl methyl sites for hydroxylation is 1. The maximum absolute atomic E-state index is 9.72. The van der Waals surface area contributed by atoms with Crippen LogP contribution in [-0.2, 0) is 7.05 Å². The first-order valence-corrected chi connectivity index (χ1v) is 6.75. The van der Waals surface area contributed by atoms with E-state index >= 15 is 0 Å². The molecule has 1 heterocycles. The molecule has 0 bridgehead atoms. The molecule has 18 heavy (non-hydrogen) atoms. The van der Waals surface area contributed by atoms with E-state index in [0.717, 1.165) is 27.9 Å². The molecular formula is C13H17N3OS. The molecule has 0 aliphatic heterocycles. The van der Waals surface area contributed by atoms with E-state index in [4.69, 9.17) is 0 Å². The van der Waals surface area contributed by atoms with Gasteiger partial charge < -0.3 is 9.67 Å². The molecule has 0 saturated heterocycles. The molecule has 0 aliphatic carbocycles. The number of aromatic nitrogens is 3. The topological polar surface area (TPSA) is 50.9 Å². The highest BCUT2D eigenvalue weighted by Crippen LogP contribution is 2.27. The minimum atomic E-state index is -0.374. The third-order valence-corrected chi connectivity index (χ3v) is 3.96. The van der Waals surface area contributed by atoms with Crippen LogP contribution in [0.3, 0.4) is 0 Å². The van der Waals surface area contributed by atoms with E-state index in [-0.39, 0.29) is 6.10 Å². The van der Waals surface area contributed by atoms with Gasteiger partial charge in [0, 0.05) is 11.9 Å². The highest BCUT2D eigenvalue weighted by Gasteiger charge is 2.08. The number of benzene rings is 1. The van der Waals surface area contributed by atoms with Gasteiger partial charge in [-0.15, -0.1) is 10.2 Å². The van der Waals surface area contributed by atoms with Crippen LogP contribution in [0.5, 0.6) is 0 Å². The molecule has 1 aromatic carbocycles. The van der Waals surface area contributed by atoms with Gasteiger partial charge in [0.1, 0.15) is 5.82 Å². The molecule has 1 aromatic heterocycles. The van der Waals surface area contributed by atoms with Crippen molar-refractivity contribution in [3.8, 4) is 0 Å². The Morgan fingerprint density at radius 1 is 1.28 bits per heavy atom. The van der Waals surface area contributed by atoms with E-state index in [2.05, 4.69) is 10.2 Å². The summed E-state index contributed by atoms with van der Waals surface area (Å²) in [5, 5.41) is 18.7. The number of aliphatic hydroxyl groups is 1. The molecule has 4 nitrogen and oxygen atoms in total. The summed E-state index contributed by atoms with van der Waals surface area (Å²) in [6, 6.07) is 7.92. The average Bonchev–Trinajstić information content (AvgIpc) is 2.71. The molecule has 2 rings (SSSR count). The van der Waals surface area contributed by atoms with Crippen LogP contribution in [0, 0.1) is 6.92 Å². The quantitative estimate of drug-likeness (QED) is 0.921. The average molecular weight is 263 g/mol. The minimum Gasteiger partial charge on any atom is -0.388 e. The first-order chi connectivity index (χ1) is 8.61. The lowest BCUT2D eigenvalue weighted by atomic mass is 10.1. The van der Waals surface area contributed by atoms with E-state index in [1.807, 2.05) is 49.7 Å². The van der Waals surface area contributed by atoms with Crippen molar-refractivity contribution >= 4 is 11.8 Å². The maximum atomic E-state index is 9.72. The Balaban J connectivity index is 2.13. The van der Waals surface area contributed by atoms with Gasteiger partial charge in [-0.1, -0.05) is 19.1 Å². The number of aliphatic hydroxyl groups excluding tert-OH is 1. The number of hydrogen-bond acceptors (Lipinski definition) is 4. The zero-order valence-electron chi connectivity index (χ0n) is 10.8. The second kappa shape index (κ2) is 5.54. The number of hydrogen-bond donors (Lipinski definition) is 1. The molecule has 0 fully saturated rings. The fraction of sp³-hybridized carbons (Fsp3) is 0.385. The molecule has 1 atom stereocenters. The summed E-state index contributed by atoms with van der Waals surface area (Å²) in [6.07, 6.45) is 0.357. The van der Waals surface area contributed by atoms with Gasteiger partial charge >= 0.3 is 0 Å². The van der Waals surface area contributed by atoms with E-state index in [1.165, 1.54) is 0 Å². The van der Waals surface area contributed by atoms with Crippen LogP contribution in [0.15, 0.2) is 34.3 Å². The van der Waals surface area contributed by atoms with E-state index in [9.17, 15) is 5.11 Å². The largest absolute Gasteiger partial charge is 0.388 e. The van der Waals surface area contributed by atoms with Gasteiger partial charge in [0.15, 0.2) is 5.16 Å². The van der Waals surface area contributed by atoms with Crippen LogP contribution >= 0.6 is 11.8 Å². The second-order valence-corrected chi connectivity index (χ2v) is 5.22. The zero-order valence-corrected chi connectivity index (χ0v) is 11.6. The van der Waals surface area contributed by atoms with Gasteiger partial charge in [0.25, 0.3) is 0 Å². The first-order valence-electron chi connectivity index (χ1n) is 5.93. The lowest BCUT2D eigenvalue weighted by Gasteiger charge is -2.08.